The molecule has 2 aliphatic heterocycles. The SMILES string of the molecule is CC1(C)CC2(CCNCC2c2ccccc2Br)C(C)(C)O1. The largest absolute Gasteiger partial charge is 0.369 e. The van der Waals surface area contributed by atoms with Gasteiger partial charge in [0.05, 0.1) is 11.2 Å². The van der Waals surface area contributed by atoms with Crippen LogP contribution in [0.25, 0.3) is 0 Å². The number of benzene rings is 1. The zero-order chi connectivity index (χ0) is 15.3. The number of hydrogen-bond donors (Lipinski definition) is 1. The minimum Gasteiger partial charge on any atom is -0.369 e. The van der Waals surface area contributed by atoms with Gasteiger partial charge in [0.25, 0.3) is 0 Å². The van der Waals surface area contributed by atoms with Crippen molar-refractivity contribution in [2.75, 3.05) is 13.1 Å². The van der Waals surface area contributed by atoms with Crippen LogP contribution in [-0.2, 0) is 4.74 Å². The second-order valence-corrected chi connectivity index (χ2v) is 8.59. The van der Waals surface area contributed by atoms with E-state index < -0.39 is 0 Å². The van der Waals surface area contributed by atoms with Crippen LogP contribution in [0.2, 0.25) is 0 Å². The molecule has 2 atom stereocenters. The summed E-state index contributed by atoms with van der Waals surface area (Å²) in [6.07, 6.45) is 2.30. The molecule has 3 heteroatoms. The molecule has 2 aliphatic rings. The first kappa shape index (κ1) is 15.5. The fraction of sp³-hybridized carbons (Fsp3) is 0.667. The third-order valence-corrected chi connectivity index (χ3v) is 6.24. The van der Waals surface area contributed by atoms with Gasteiger partial charge < -0.3 is 10.1 Å². The number of piperidine rings is 1. The highest BCUT2D eigenvalue weighted by Crippen LogP contribution is 2.61. The van der Waals surface area contributed by atoms with E-state index in [9.17, 15) is 0 Å². The summed E-state index contributed by atoms with van der Waals surface area (Å²) in [5.74, 6) is 0.485. The number of halogens is 1. The van der Waals surface area contributed by atoms with Gasteiger partial charge in [0.15, 0.2) is 0 Å². The number of hydrogen-bond acceptors (Lipinski definition) is 2. The van der Waals surface area contributed by atoms with E-state index >= 15 is 0 Å². The van der Waals surface area contributed by atoms with E-state index in [1.165, 1.54) is 16.5 Å². The molecule has 2 unspecified atom stereocenters. The molecule has 1 N–H and O–H groups in total. The summed E-state index contributed by atoms with van der Waals surface area (Å²) >= 11 is 3.76. The van der Waals surface area contributed by atoms with Gasteiger partial charge >= 0.3 is 0 Å². The molecule has 2 heterocycles. The number of ether oxygens (including phenoxy) is 1. The summed E-state index contributed by atoms with van der Waals surface area (Å²) in [5, 5.41) is 3.60. The average Bonchev–Trinajstić information content (AvgIpc) is 2.56. The minimum absolute atomic E-state index is 0.0413. The molecule has 0 radical (unpaired) electrons. The molecule has 116 valence electrons. The zero-order valence-corrected chi connectivity index (χ0v) is 15.1. The molecule has 1 aromatic rings. The maximum atomic E-state index is 6.48. The molecule has 2 fully saturated rings. The lowest BCUT2D eigenvalue weighted by molar-refractivity contribution is -0.104. The van der Waals surface area contributed by atoms with Crippen molar-refractivity contribution in [3.05, 3.63) is 34.3 Å². The summed E-state index contributed by atoms with van der Waals surface area (Å²) in [6.45, 7) is 11.2. The highest BCUT2D eigenvalue weighted by atomic mass is 79.9. The first-order chi connectivity index (χ1) is 9.78. The quantitative estimate of drug-likeness (QED) is 0.804. The molecule has 0 amide bonds. The number of nitrogens with one attached hydrogen (secondary N) is 1. The Kier molecular flexibility index (Phi) is 3.75. The van der Waals surface area contributed by atoms with E-state index in [0.717, 1.165) is 19.5 Å². The van der Waals surface area contributed by atoms with Crippen molar-refractivity contribution in [2.45, 2.75) is 57.7 Å². The third-order valence-electron chi connectivity index (χ3n) is 5.52. The monoisotopic (exact) mass is 351 g/mol. The third kappa shape index (κ3) is 2.47. The predicted molar refractivity (Wildman–Crippen MR) is 90.7 cm³/mol. The van der Waals surface area contributed by atoms with E-state index in [1.807, 2.05) is 0 Å². The van der Waals surface area contributed by atoms with Crippen LogP contribution in [0.1, 0.15) is 52.0 Å². The smallest absolute Gasteiger partial charge is 0.0697 e. The lowest BCUT2D eigenvalue weighted by Gasteiger charge is -2.49. The van der Waals surface area contributed by atoms with E-state index in [-0.39, 0.29) is 16.6 Å². The van der Waals surface area contributed by atoms with E-state index in [4.69, 9.17) is 4.74 Å². The highest BCUT2D eigenvalue weighted by molar-refractivity contribution is 9.10. The fourth-order valence-corrected chi connectivity index (χ4v) is 5.39. The topological polar surface area (TPSA) is 21.3 Å². The Bertz CT molecular complexity index is 540. The van der Waals surface area contributed by atoms with Crippen LogP contribution in [0.4, 0.5) is 0 Å². The van der Waals surface area contributed by atoms with Crippen LogP contribution in [-0.4, -0.2) is 24.3 Å². The molecule has 0 aliphatic carbocycles. The average molecular weight is 352 g/mol. The molecule has 21 heavy (non-hydrogen) atoms. The van der Waals surface area contributed by atoms with Crippen LogP contribution in [0.15, 0.2) is 28.7 Å². The Morgan fingerprint density at radius 3 is 2.52 bits per heavy atom. The van der Waals surface area contributed by atoms with Crippen molar-refractivity contribution in [1.82, 2.24) is 5.32 Å². The molecule has 1 aromatic carbocycles. The molecule has 0 bridgehead atoms. The van der Waals surface area contributed by atoms with Gasteiger partial charge in [0.1, 0.15) is 0 Å². The van der Waals surface area contributed by atoms with E-state index in [2.05, 4.69) is 73.2 Å². The molecule has 0 aromatic heterocycles. The maximum absolute atomic E-state index is 6.48. The van der Waals surface area contributed by atoms with Crippen LogP contribution < -0.4 is 5.32 Å². The Balaban J connectivity index is 2.09. The Hall–Kier alpha value is -0.380. The lowest BCUT2D eigenvalue weighted by atomic mass is 9.58. The van der Waals surface area contributed by atoms with Crippen LogP contribution >= 0.6 is 15.9 Å². The van der Waals surface area contributed by atoms with Gasteiger partial charge in [-0.3, -0.25) is 0 Å². The van der Waals surface area contributed by atoms with Crippen LogP contribution in [0.5, 0.6) is 0 Å². The Labute approximate surface area is 136 Å². The van der Waals surface area contributed by atoms with Crippen LogP contribution in [0.3, 0.4) is 0 Å². The molecular formula is C18H26BrNO. The van der Waals surface area contributed by atoms with E-state index in [1.54, 1.807) is 0 Å². The lowest BCUT2D eigenvalue weighted by Crippen LogP contribution is -2.52. The number of rotatable bonds is 1. The fourth-order valence-electron chi connectivity index (χ4n) is 4.83. The summed E-state index contributed by atoms with van der Waals surface area (Å²) in [5.41, 5.74) is 1.48. The van der Waals surface area contributed by atoms with Gasteiger partial charge in [-0.2, -0.15) is 0 Å². The molecule has 3 rings (SSSR count). The van der Waals surface area contributed by atoms with Gasteiger partial charge in [-0.25, -0.2) is 0 Å². The van der Waals surface area contributed by atoms with Crippen molar-refractivity contribution >= 4 is 15.9 Å². The summed E-state index contributed by atoms with van der Waals surface area (Å²) < 4.78 is 7.70. The minimum atomic E-state index is -0.0987. The van der Waals surface area contributed by atoms with Crippen molar-refractivity contribution < 1.29 is 4.74 Å². The summed E-state index contributed by atoms with van der Waals surface area (Å²) in [6, 6.07) is 8.67. The van der Waals surface area contributed by atoms with Gasteiger partial charge in [-0.05, 0) is 58.7 Å². The van der Waals surface area contributed by atoms with Gasteiger partial charge in [-0.15, -0.1) is 0 Å². The first-order valence-electron chi connectivity index (χ1n) is 7.93. The second kappa shape index (κ2) is 5.07. The highest BCUT2D eigenvalue weighted by Gasteiger charge is 2.61. The van der Waals surface area contributed by atoms with Crippen molar-refractivity contribution in [3.8, 4) is 0 Å². The van der Waals surface area contributed by atoms with E-state index in [0.29, 0.717) is 5.92 Å². The predicted octanol–water partition coefficient (Wildman–Crippen LogP) is 4.49. The van der Waals surface area contributed by atoms with Gasteiger partial charge in [-0.1, -0.05) is 34.1 Å². The van der Waals surface area contributed by atoms with Crippen molar-refractivity contribution in [3.63, 3.8) is 0 Å². The maximum Gasteiger partial charge on any atom is 0.0697 e. The zero-order valence-electron chi connectivity index (χ0n) is 13.5. The summed E-state index contributed by atoms with van der Waals surface area (Å²) in [4.78, 5) is 0. The molecule has 0 saturated carbocycles. The van der Waals surface area contributed by atoms with Gasteiger partial charge in [0, 0.05) is 22.4 Å². The Morgan fingerprint density at radius 1 is 1.19 bits per heavy atom. The van der Waals surface area contributed by atoms with Gasteiger partial charge in [0.2, 0.25) is 0 Å². The Morgan fingerprint density at radius 2 is 1.90 bits per heavy atom. The molecule has 2 saturated heterocycles. The summed E-state index contributed by atoms with van der Waals surface area (Å²) in [7, 11) is 0. The van der Waals surface area contributed by atoms with Crippen LogP contribution in [0, 0.1) is 5.41 Å². The normalized spacial score (nSPS) is 34.2. The van der Waals surface area contributed by atoms with Crippen molar-refractivity contribution in [1.29, 1.82) is 0 Å². The molecular weight excluding hydrogens is 326 g/mol. The second-order valence-electron chi connectivity index (χ2n) is 7.73. The first-order valence-corrected chi connectivity index (χ1v) is 8.72. The molecule has 1 spiro atoms. The van der Waals surface area contributed by atoms with Crippen molar-refractivity contribution in [2.24, 2.45) is 5.41 Å². The molecule has 2 nitrogen and oxygen atoms in total. The standard InChI is InChI=1S/C18H26BrNO/c1-16(2)12-18(17(3,4)21-16)9-10-20-11-14(18)13-7-5-6-8-15(13)19/h5-8,14,20H,9-12H2,1-4H3.